The molecule has 0 aliphatic heterocycles. The molecule has 1 atom stereocenters. The van der Waals surface area contributed by atoms with Crippen LogP contribution in [0.4, 0.5) is 22.9 Å². The summed E-state index contributed by atoms with van der Waals surface area (Å²) in [6, 6.07) is 14.1. The largest absolute Gasteiger partial charge is 0.458 e. The minimum absolute atomic E-state index is 0.134. The predicted molar refractivity (Wildman–Crippen MR) is 149 cm³/mol. The van der Waals surface area contributed by atoms with Gasteiger partial charge in [-0.25, -0.2) is 14.6 Å². The summed E-state index contributed by atoms with van der Waals surface area (Å²) in [5.74, 6) is -0.882. The number of rotatable bonds is 13. The van der Waals surface area contributed by atoms with Gasteiger partial charge in [0, 0.05) is 24.8 Å². The highest BCUT2D eigenvalue weighted by Gasteiger charge is 2.25. The molecule has 3 aromatic rings. The smallest absolute Gasteiger partial charge is 0.330 e. The maximum atomic E-state index is 12.5. The predicted octanol–water partition coefficient (Wildman–Crippen LogP) is 3.30. The molecule has 0 aliphatic rings. The van der Waals surface area contributed by atoms with E-state index in [0.717, 1.165) is 0 Å². The molecule has 0 aliphatic carbocycles. The van der Waals surface area contributed by atoms with Crippen LogP contribution in [0.15, 0.2) is 66.9 Å². The Morgan fingerprint density at radius 3 is 2.34 bits per heavy atom. The Kier molecular flexibility index (Phi) is 10.1. The highest BCUT2D eigenvalue weighted by atomic mass is 16.6. The summed E-state index contributed by atoms with van der Waals surface area (Å²) >= 11 is 0. The number of carbonyl (C=O) groups excluding carboxylic acids is 4. The molecule has 2 amide bonds. The third-order valence-corrected chi connectivity index (χ3v) is 5.44. The average Bonchev–Trinajstić information content (AvgIpc) is 2.93. The fourth-order valence-corrected chi connectivity index (χ4v) is 3.62. The Hall–Kier alpha value is -5.33. The van der Waals surface area contributed by atoms with Crippen LogP contribution in [0.1, 0.15) is 26.3 Å². The number of aromatic nitrogens is 1. The summed E-state index contributed by atoms with van der Waals surface area (Å²) in [6.07, 6.45) is 2.66. The topological polar surface area (TPSA) is 170 Å². The number of nitrogens with one attached hydrogen (secondary N) is 2. The van der Waals surface area contributed by atoms with Crippen LogP contribution in [0.2, 0.25) is 0 Å². The molecule has 2 N–H and O–H groups in total. The fourth-order valence-electron chi connectivity index (χ4n) is 3.62. The highest BCUT2D eigenvalue weighted by Crippen LogP contribution is 2.29. The third kappa shape index (κ3) is 8.85. The number of non-ortho nitro benzene ring substituents is 1. The SMILES string of the molecule is CC(C)(C)OC(=O)[C@H](Cc1ccc(N(C=O)c2ncccc2NCC(=O)Oc2ccc([N+](=O)[O-])cc2)cc1)NC=O. The number of pyridine rings is 1. The van der Waals surface area contributed by atoms with Gasteiger partial charge in [0.05, 0.1) is 16.3 Å². The molecule has 0 fully saturated rings. The van der Waals surface area contributed by atoms with Crippen LogP contribution in [-0.2, 0) is 30.3 Å². The van der Waals surface area contributed by atoms with Crippen LogP contribution in [0.3, 0.4) is 0 Å². The number of benzene rings is 2. The third-order valence-electron chi connectivity index (χ3n) is 5.44. The molecule has 13 heteroatoms. The van der Waals surface area contributed by atoms with Gasteiger partial charge in [0.2, 0.25) is 12.8 Å². The summed E-state index contributed by atoms with van der Waals surface area (Å²) in [5.41, 5.74) is 0.675. The van der Waals surface area contributed by atoms with Crippen molar-refractivity contribution in [2.75, 3.05) is 16.8 Å². The van der Waals surface area contributed by atoms with Crippen molar-refractivity contribution in [2.24, 2.45) is 0 Å². The molecule has 0 spiro atoms. The van der Waals surface area contributed by atoms with E-state index in [-0.39, 0.29) is 30.2 Å². The van der Waals surface area contributed by atoms with Crippen molar-refractivity contribution in [3.8, 4) is 5.75 Å². The first-order chi connectivity index (χ1) is 19.5. The minimum Gasteiger partial charge on any atom is -0.458 e. The van der Waals surface area contributed by atoms with E-state index in [9.17, 15) is 29.3 Å². The van der Waals surface area contributed by atoms with Crippen molar-refractivity contribution in [1.29, 1.82) is 0 Å². The van der Waals surface area contributed by atoms with Crippen LogP contribution in [0.5, 0.6) is 5.75 Å². The molecule has 1 heterocycles. The number of hydrogen-bond donors (Lipinski definition) is 2. The molecule has 0 bridgehead atoms. The molecule has 41 heavy (non-hydrogen) atoms. The van der Waals surface area contributed by atoms with E-state index in [2.05, 4.69) is 15.6 Å². The minimum atomic E-state index is -0.892. The van der Waals surface area contributed by atoms with E-state index in [0.29, 0.717) is 29.8 Å². The highest BCUT2D eigenvalue weighted by molar-refractivity contribution is 5.90. The number of carbonyl (C=O) groups is 4. The first kappa shape index (κ1) is 30.2. The Morgan fingerprint density at radius 1 is 1.07 bits per heavy atom. The van der Waals surface area contributed by atoms with Crippen LogP contribution in [0, 0.1) is 10.1 Å². The molecule has 0 radical (unpaired) electrons. The van der Waals surface area contributed by atoms with Gasteiger partial charge in [-0.3, -0.25) is 24.6 Å². The van der Waals surface area contributed by atoms with Crippen LogP contribution >= 0.6 is 0 Å². The van der Waals surface area contributed by atoms with Crippen LogP contribution in [-0.4, -0.2) is 52.9 Å². The standard InChI is InChI=1S/C28H29N5O8/c1-28(2,3)41-27(37)24(31-17-34)15-19-6-8-20(9-7-19)32(18-35)26-23(5-4-14-29-26)30-16-25(36)40-22-12-10-21(11-13-22)33(38)39/h4-14,17-18,24,30H,15-16H2,1-3H3,(H,31,34)/t24-/m0/s1. The van der Waals surface area contributed by atoms with Crippen LogP contribution in [0.25, 0.3) is 0 Å². The number of nitro groups is 1. The molecule has 13 nitrogen and oxygen atoms in total. The van der Waals surface area contributed by atoms with Gasteiger partial charge in [-0.1, -0.05) is 12.1 Å². The first-order valence-corrected chi connectivity index (χ1v) is 12.4. The van der Waals surface area contributed by atoms with E-state index < -0.39 is 28.5 Å². The lowest BCUT2D eigenvalue weighted by molar-refractivity contribution is -0.384. The zero-order chi connectivity index (χ0) is 30.0. The van der Waals surface area contributed by atoms with Gasteiger partial charge in [-0.2, -0.15) is 0 Å². The van der Waals surface area contributed by atoms with Gasteiger partial charge in [-0.15, -0.1) is 0 Å². The van der Waals surface area contributed by atoms with Crippen molar-refractivity contribution in [2.45, 2.75) is 38.8 Å². The summed E-state index contributed by atoms with van der Waals surface area (Å²) < 4.78 is 10.6. The number of esters is 2. The molecule has 214 valence electrons. The monoisotopic (exact) mass is 563 g/mol. The van der Waals surface area contributed by atoms with Gasteiger partial charge in [-0.05, 0) is 62.7 Å². The number of anilines is 3. The van der Waals surface area contributed by atoms with Gasteiger partial charge in [0.1, 0.15) is 23.9 Å². The van der Waals surface area contributed by atoms with Gasteiger partial charge < -0.3 is 20.1 Å². The average molecular weight is 564 g/mol. The summed E-state index contributed by atoms with van der Waals surface area (Å²) in [6.45, 7) is 4.91. The molecule has 0 unspecified atom stereocenters. The summed E-state index contributed by atoms with van der Waals surface area (Å²) in [5, 5.41) is 16.1. The molecule has 3 rings (SSSR count). The molecule has 0 saturated heterocycles. The van der Waals surface area contributed by atoms with Crippen molar-refractivity contribution in [3.05, 3.63) is 82.5 Å². The molecular formula is C28H29N5O8. The fraction of sp³-hybridized carbons (Fsp3) is 0.250. The Labute approximate surface area is 235 Å². The van der Waals surface area contributed by atoms with Gasteiger partial charge in [0.25, 0.3) is 5.69 Å². The molecule has 0 saturated carbocycles. The second kappa shape index (κ2) is 13.6. The maximum absolute atomic E-state index is 12.5. The molecular weight excluding hydrogens is 534 g/mol. The lowest BCUT2D eigenvalue weighted by Crippen LogP contribution is -2.42. The number of hydrogen-bond acceptors (Lipinski definition) is 10. The normalized spacial score (nSPS) is 11.5. The second-order valence-electron chi connectivity index (χ2n) is 9.67. The van der Waals surface area contributed by atoms with Crippen molar-refractivity contribution >= 4 is 47.6 Å². The number of nitro benzene ring substituents is 1. The van der Waals surface area contributed by atoms with E-state index in [1.54, 1.807) is 57.2 Å². The Bertz CT molecular complexity index is 1390. The second-order valence-corrected chi connectivity index (χ2v) is 9.67. The molecule has 2 aromatic carbocycles. The number of ether oxygens (including phenoxy) is 2. The summed E-state index contributed by atoms with van der Waals surface area (Å²) in [4.78, 5) is 63.7. The van der Waals surface area contributed by atoms with Crippen molar-refractivity contribution < 1.29 is 33.6 Å². The maximum Gasteiger partial charge on any atom is 0.330 e. The van der Waals surface area contributed by atoms with Crippen molar-refractivity contribution in [3.63, 3.8) is 0 Å². The van der Waals surface area contributed by atoms with Gasteiger partial charge in [0.15, 0.2) is 5.82 Å². The van der Waals surface area contributed by atoms with Crippen LogP contribution < -0.4 is 20.3 Å². The van der Waals surface area contributed by atoms with E-state index in [1.807, 2.05) is 0 Å². The quantitative estimate of drug-likeness (QED) is 0.103. The number of amides is 2. The van der Waals surface area contributed by atoms with E-state index >= 15 is 0 Å². The lowest BCUT2D eigenvalue weighted by Gasteiger charge is -2.24. The Morgan fingerprint density at radius 2 is 1.76 bits per heavy atom. The molecule has 1 aromatic heterocycles. The number of nitrogens with zero attached hydrogens (tertiary/aromatic N) is 3. The lowest BCUT2D eigenvalue weighted by atomic mass is 10.0. The van der Waals surface area contributed by atoms with Gasteiger partial charge >= 0.3 is 11.9 Å². The summed E-state index contributed by atoms with van der Waals surface area (Å²) in [7, 11) is 0. The van der Waals surface area contributed by atoms with E-state index in [1.165, 1.54) is 35.4 Å². The first-order valence-electron chi connectivity index (χ1n) is 12.4. The zero-order valence-electron chi connectivity index (χ0n) is 22.6. The van der Waals surface area contributed by atoms with Crippen molar-refractivity contribution in [1.82, 2.24) is 10.3 Å². The zero-order valence-corrected chi connectivity index (χ0v) is 22.6. The Balaban J connectivity index is 1.69. The van der Waals surface area contributed by atoms with E-state index in [4.69, 9.17) is 9.47 Å².